The number of amidine groups is 4. The summed E-state index contributed by atoms with van der Waals surface area (Å²) in [6, 6.07) is 77.0. The van der Waals surface area contributed by atoms with E-state index in [9.17, 15) is 0 Å². The number of rotatable bonds is 0. The maximum absolute atomic E-state index is 7.21. The van der Waals surface area contributed by atoms with Crippen LogP contribution >= 0.6 is 0 Å². The highest BCUT2D eigenvalue weighted by atomic mass is 16.3. The maximum Gasteiger partial charge on any atom is 0.164 e. The Hall–Kier alpha value is -18.1. The molecule has 598 valence electrons. The first-order chi connectivity index (χ1) is 63.5. The number of aryl methyl sites for hydroxylation is 2. The van der Waals surface area contributed by atoms with Gasteiger partial charge in [-0.3, -0.25) is 27.4 Å². The summed E-state index contributed by atoms with van der Waals surface area (Å²) in [6.45, 7) is 4.72. The van der Waals surface area contributed by atoms with Gasteiger partial charge in [-0.25, -0.2) is 89.8 Å². The summed E-state index contributed by atoms with van der Waals surface area (Å²) < 4.78 is 41.5. The Balaban J connectivity index is 0.682. The fourth-order valence-electron chi connectivity index (χ4n) is 20.7. The van der Waals surface area contributed by atoms with Crippen LogP contribution in [-0.4, -0.2) is 90.6 Å². The molecule has 38 bridgehead atoms. The zero-order chi connectivity index (χ0) is 83.5. The smallest absolute Gasteiger partial charge is 0.164 e. The van der Waals surface area contributed by atoms with Crippen LogP contribution < -0.4 is 32.9 Å². The van der Waals surface area contributed by atoms with Gasteiger partial charge in [-0.05, 0) is 172 Å². The van der Waals surface area contributed by atoms with Crippen molar-refractivity contribution in [1.29, 1.82) is 0 Å². The molecule has 0 saturated carbocycles. The number of nitrogens with zero attached hydrogens (tertiary/aromatic N) is 24. The lowest BCUT2D eigenvalue weighted by molar-refractivity contribution is 0.589. The molecule has 0 aliphatic carbocycles. The molecule has 8 aliphatic rings. The van der Waals surface area contributed by atoms with Gasteiger partial charge in [0.2, 0.25) is 0 Å². The van der Waals surface area contributed by atoms with E-state index in [1.54, 1.807) is 0 Å². The minimum Gasteiger partial charge on any atom is -0.457 e. The molecule has 0 spiro atoms. The Morgan fingerprint density at radius 1 is 0.209 bits per heavy atom. The molecule has 0 atom stereocenters. The number of fused-ring (bicyclic) bond motifs is 34. The predicted octanol–water partition coefficient (Wildman–Crippen LogP) is 18.3. The third kappa shape index (κ3) is 8.96. The van der Waals surface area contributed by atoms with Gasteiger partial charge >= 0.3 is 0 Å². The fraction of sp³-hybridized carbons (Fsp3) is 0.0495. The number of benzene rings is 12. The van der Waals surface area contributed by atoms with E-state index < -0.39 is 0 Å². The number of hydrogen-bond acceptors (Lipinski definition) is 22. The zero-order valence-corrected chi connectivity index (χ0v) is 67.4. The van der Waals surface area contributed by atoms with Crippen molar-refractivity contribution in [3.05, 3.63) is 297 Å². The van der Waals surface area contributed by atoms with E-state index in [-0.39, 0.29) is 20.0 Å². The molecule has 20 heterocycles. The van der Waals surface area contributed by atoms with E-state index in [0.29, 0.717) is 213 Å². The molecule has 129 heavy (non-hydrogen) atoms. The molecule has 28 nitrogen and oxygen atoms in total. The van der Waals surface area contributed by atoms with Gasteiger partial charge in [0.25, 0.3) is 0 Å². The zero-order valence-electron chi connectivity index (χ0n) is 67.4. The van der Waals surface area contributed by atoms with E-state index in [1.807, 2.05) is 176 Å². The van der Waals surface area contributed by atoms with Crippen LogP contribution in [-0.2, 0) is 20.0 Å². The highest BCUT2D eigenvalue weighted by Gasteiger charge is 2.33. The van der Waals surface area contributed by atoms with Gasteiger partial charge in [-0.2, -0.15) is 0 Å². The molecule has 24 aromatic rings. The lowest BCUT2D eigenvalue weighted by Crippen LogP contribution is -2.31. The average molecular weight is 1660 g/mol. The van der Waals surface area contributed by atoms with Gasteiger partial charge in [0, 0.05) is 130 Å². The van der Waals surface area contributed by atoms with E-state index >= 15 is 0 Å². The van der Waals surface area contributed by atoms with Gasteiger partial charge in [0.05, 0.1) is 0 Å². The SMILES string of the molecule is Cc1ccc2c(c1)C1=NC2=Nc2c3ccc4cc3c3nc5nc(c6ccc(cc56)oc5ccc6c7n8c(nc9nc(c%10ccc(cc9%10)o4)N=c4c9ccc%10cc9c(nc9nc(c%11ccc(cc9%11)oc9ccc%11c%12n%13c(nc%14nc(c%15ccc(cc%14%15)o%10)N=c%10c%14ccccc%14c(n%10C%13)=NC%10=NC(=N%12)c%12ccccc%12%10)c%11c9)=N7)n4C8)c6c5)N=c4c5ccc(C)cc5c(n4Cn23)=N1. The molecule has 12 aromatic heterocycles. The van der Waals surface area contributed by atoms with E-state index in [1.165, 1.54) is 0 Å². The van der Waals surface area contributed by atoms with Gasteiger partial charge in [0.15, 0.2) is 68.9 Å². The van der Waals surface area contributed by atoms with Crippen molar-refractivity contribution in [2.75, 3.05) is 0 Å². The Morgan fingerprint density at radius 2 is 0.527 bits per heavy atom. The Morgan fingerprint density at radius 3 is 1.02 bits per heavy atom. The second-order valence-corrected chi connectivity index (χ2v) is 34.0. The van der Waals surface area contributed by atoms with Crippen molar-refractivity contribution in [3.63, 3.8) is 0 Å². The van der Waals surface area contributed by atoms with Crippen LogP contribution in [0.4, 0.5) is 34.9 Å². The summed E-state index contributed by atoms with van der Waals surface area (Å²) in [5.41, 5.74) is 17.4. The minimum atomic E-state index is 0.0962. The van der Waals surface area contributed by atoms with E-state index in [0.717, 1.165) is 109 Å². The average Bonchev–Trinajstić information content (AvgIpc) is 1.57. The van der Waals surface area contributed by atoms with Crippen molar-refractivity contribution in [1.82, 2.24) is 67.3 Å². The monoisotopic (exact) mass is 1660 g/mol. The molecule has 12 aromatic carbocycles. The fourth-order valence-corrected chi connectivity index (χ4v) is 20.7. The van der Waals surface area contributed by atoms with Crippen LogP contribution in [0, 0.1) is 13.8 Å². The molecule has 0 amide bonds. The van der Waals surface area contributed by atoms with E-state index in [4.69, 9.17) is 107 Å². The predicted molar refractivity (Wildman–Crippen MR) is 493 cm³/mol. The first-order valence-electron chi connectivity index (χ1n) is 42.3. The molecule has 0 fully saturated rings. The third-order valence-electron chi connectivity index (χ3n) is 26.6. The van der Waals surface area contributed by atoms with Crippen LogP contribution in [0.5, 0.6) is 0 Å². The minimum absolute atomic E-state index is 0.0962. The third-order valence-corrected chi connectivity index (χ3v) is 26.6. The Bertz CT molecular complexity index is 10700. The number of aromatic nitrogens is 14. The van der Waals surface area contributed by atoms with Crippen molar-refractivity contribution in [2.45, 2.75) is 33.9 Å². The van der Waals surface area contributed by atoms with Crippen LogP contribution in [0.1, 0.15) is 33.4 Å². The standard InChI is InChI=1S/C101H50N24O4/c1-44-11-21-56-68(31-44)85-103-80(56)111-94-65-28-18-51-38-75(65)99-117-87-70-34-47(14-24-58(70)82(105-87)112-92-63-22-12-45(2)32-73(63)97(115-85)121(92)42-123(94)99)128-53-20-30-67-77(40-53)101-119-89-72-36-49(129-51)16-26-60(72)84(107-89)114-95-66-29-19-52-39-76(66)100-118-88-71-35-48(15-25-59(71)83(106-88)113-96(67)125(101)43-124(95)100)127-50-17-27-64-74(37-50)98-116-86-69-33-46(126-52)13-23-57(69)81(104-86)110-91-62-10-6-5-9-61(62)90-108-78-54-7-3-4-8-55(54)79(102-78)109-93(64)122(98)41-120(90)91/h3-40H,41-43H2,1-2H3. The summed E-state index contributed by atoms with van der Waals surface area (Å²) in [6.07, 6.45) is 0. The lowest BCUT2D eigenvalue weighted by atomic mass is 10.1. The van der Waals surface area contributed by atoms with Crippen molar-refractivity contribution in [3.8, 4) is 0 Å². The highest BCUT2D eigenvalue weighted by Crippen LogP contribution is 2.45. The normalized spacial score (nSPS) is 14.4. The highest BCUT2D eigenvalue weighted by molar-refractivity contribution is 6.26. The summed E-state index contributed by atoms with van der Waals surface area (Å²) in [5, 5.41) is 15.4. The molecule has 0 saturated heterocycles. The molecule has 8 aliphatic heterocycles. The topological polar surface area (TPSA) is 309 Å². The molecule has 32 rings (SSSR count). The molecule has 0 radical (unpaired) electrons. The summed E-state index contributed by atoms with van der Waals surface area (Å²) in [4.78, 5) is 99.7. The van der Waals surface area contributed by atoms with Gasteiger partial charge in [-0.15, -0.1) is 0 Å². The largest absolute Gasteiger partial charge is 0.457 e. The maximum atomic E-state index is 7.21. The van der Waals surface area contributed by atoms with Crippen LogP contribution in [0.25, 0.3) is 198 Å². The van der Waals surface area contributed by atoms with Crippen molar-refractivity contribution < 1.29 is 17.7 Å². The first-order valence-corrected chi connectivity index (χ1v) is 42.3. The summed E-state index contributed by atoms with van der Waals surface area (Å²) in [5.74, 6) is 5.39. The molecule has 28 heteroatoms. The number of aliphatic imine (C=N–C) groups is 4. The van der Waals surface area contributed by atoms with Crippen LogP contribution in [0.15, 0.2) is 298 Å². The molecule has 0 unspecified atom stereocenters. The van der Waals surface area contributed by atoms with Crippen LogP contribution in [0.3, 0.4) is 0 Å². The molecule has 0 N–H and O–H groups in total. The quantitative estimate of drug-likeness (QED) is 0.137. The Kier molecular flexibility index (Phi) is 12.0. The van der Waals surface area contributed by atoms with Crippen molar-refractivity contribution >= 4 is 256 Å². The van der Waals surface area contributed by atoms with Crippen LogP contribution in [0.2, 0.25) is 0 Å². The van der Waals surface area contributed by atoms with Gasteiger partial charge in [-0.1, -0.05) is 83.9 Å². The second kappa shape index (κ2) is 23.2. The van der Waals surface area contributed by atoms with E-state index in [2.05, 4.69) is 95.8 Å². The Labute approximate surface area is 717 Å². The molecular weight excluding hydrogens is 1610 g/mol. The lowest BCUT2D eigenvalue weighted by Gasteiger charge is -2.11. The van der Waals surface area contributed by atoms with Gasteiger partial charge < -0.3 is 17.7 Å². The summed E-state index contributed by atoms with van der Waals surface area (Å²) in [7, 11) is 0. The molecular formula is C101H50N24O4. The summed E-state index contributed by atoms with van der Waals surface area (Å²) >= 11 is 0. The van der Waals surface area contributed by atoms with Gasteiger partial charge in [0.1, 0.15) is 132 Å². The first kappa shape index (κ1) is 66.5. The number of hydrogen-bond donors (Lipinski definition) is 0. The van der Waals surface area contributed by atoms with Crippen molar-refractivity contribution in [2.24, 2.45) is 49.9 Å². The second-order valence-electron chi connectivity index (χ2n) is 34.0.